The second kappa shape index (κ2) is 38.6. The molecule has 9 aromatic carbocycles. The predicted molar refractivity (Wildman–Crippen MR) is 411 cm³/mol. The highest BCUT2D eigenvalue weighted by atomic mass is 16.6. The maximum absolute atomic E-state index is 13.7. The van der Waals surface area contributed by atoms with Crippen LogP contribution in [0.5, 0.6) is 34.5 Å². The lowest BCUT2D eigenvalue weighted by Crippen LogP contribution is -2.27. The van der Waals surface area contributed by atoms with E-state index in [9.17, 15) is 38.4 Å². The molecule has 0 bridgehead atoms. The summed E-state index contributed by atoms with van der Waals surface area (Å²) in [4.78, 5) is 103. The largest absolute Gasteiger partial charge is 0.495 e. The second-order valence-corrected chi connectivity index (χ2v) is 26.2. The molecule has 23 heteroatoms. The molecule has 107 heavy (non-hydrogen) atoms. The van der Waals surface area contributed by atoms with Gasteiger partial charge in [0.15, 0.2) is 0 Å². The number of aryl methyl sites for hydroxylation is 1. The van der Waals surface area contributed by atoms with Crippen LogP contribution in [0.4, 0.5) is 38.9 Å². The highest BCUT2D eigenvalue weighted by molar-refractivity contribution is 6.10. The van der Waals surface area contributed by atoms with Crippen molar-refractivity contribution in [2.75, 3.05) is 65.9 Å². The number of rotatable bonds is 30. The molecule has 9 rings (SSSR count). The van der Waals surface area contributed by atoms with Gasteiger partial charge in [0.2, 0.25) is 5.91 Å². The van der Waals surface area contributed by atoms with E-state index in [-0.39, 0.29) is 101 Å². The minimum Gasteiger partial charge on any atom is -0.495 e. The Labute approximate surface area is 622 Å². The van der Waals surface area contributed by atoms with Crippen LogP contribution in [-0.2, 0) is 38.8 Å². The molecule has 0 saturated carbocycles. The van der Waals surface area contributed by atoms with Gasteiger partial charge in [-0.1, -0.05) is 131 Å². The third-order valence-electron chi connectivity index (χ3n) is 15.2. The summed E-state index contributed by atoms with van der Waals surface area (Å²) >= 11 is 0. The molecule has 0 aliphatic rings. The molecule has 556 valence electrons. The standard InChI is InChI=1S/C45H45N3O8.C39H43N3O9/c1-6-22-53-45(52)36-18-21-39(42(25-36)56-28-33-14-12-30(4)13-15-33)48-44(51)35-17-20-38(41(24-35)54-26-29(2)3)47-43(50)34-16-19-37(46-31(5)49)40(23-34)55-27-32-10-8-7-9-11-32;1-24(2)22-49-34-20-27(14-17-31(34)42-38(46)51-39(3,4)5)36(44)41-30-16-13-26(19-33(30)50-23-25-11-9-8-10-12-25)35(43)40-29-18-15-28(37(45)48-7)21-32(29)47-6/h6-21,23-25,29H,1,22,26-28H2,2-5H3,(H,46,49)(H,47,50)(H,48,51);8-21,24H,22-23H2,1-7H3,(H,40,43)(H,41,44)(H,42,46). The fourth-order valence-corrected chi connectivity index (χ4v) is 9.88. The number of ether oxygens (including phenoxy) is 9. The Hall–Kier alpha value is -12.9. The molecule has 0 spiro atoms. The number of hydrogen-bond donors (Lipinski definition) is 6. The third kappa shape index (κ3) is 24.6. The molecule has 23 nitrogen and oxygen atoms in total. The van der Waals surface area contributed by atoms with Crippen molar-refractivity contribution in [3.8, 4) is 34.5 Å². The summed E-state index contributed by atoms with van der Waals surface area (Å²) in [5.41, 5.74) is 6.69. The van der Waals surface area contributed by atoms with E-state index >= 15 is 0 Å². The number of benzene rings is 9. The normalized spacial score (nSPS) is 10.7. The van der Waals surface area contributed by atoms with Crippen LogP contribution >= 0.6 is 0 Å². The minimum absolute atomic E-state index is 0.0453. The van der Waals surface area contributed by atoms with Crippen molar-refractivity contribution < 1.29 is 81.0 Å². The van der Waals surface area contributed by atoms with Crippen molar-refractivity contribution >= 4 is 81.7 Å². The van der Waals surface area contributed by atoms with Gasteiger partial charge in [-0.15, -0.1) is 0 Å². The van der Waals surface area contributed by atoms with Gasteiger partial charge in [0, 0.05) is 29.2 Å². The zero-order valence-corrected chi connectivity index (χ0v) is 61.6. The lowest BCUT2D eigenvalue weighted by molar-refractivity contribution is -0.114. The van der Waals surface area contributed by atoms with Gasteiger partial charge in [0.1, 0.15) is 66.5 Å². The zero-order valence-electron chi connectivity index (χ0n) is 61.6. The molecular weight excluding hydrogens is 1360 g/mol. The van der Waals surface area contributed by atoms with Crippen LogP contribution in [0.1, 0.15) is 140 Å². The van der Waals surface area contributed by atoms with Gasteiger partial charge in [-0.3, -0.25) is 29.3 Å². The maximum atomic E-state index is 13.7. The highest BCUT2D eigenvalue weighted by Gasteiger charge is 2.24. The number of esters is 2. The Morgan fingerprint density at radius 3 is 1.08 bits per heavy atom. The SMILES string of the molecule is C=CCOC(=O)c1ccc(NC(=O)c2ccc(NC(=O)c3ccc(NC(C)=O)c(OCc4ccccc4)c3)c(OCC(C)C)c2)c(OCc2ccc(C)cc2)c1.COC(=O)c1ccc(NC(=O)c2ccc(NC(=O)c3ccc(NC(=O)OC(C)(C)C)c(OCC(C)C)c3)c(OCc3ccccc3)c2)c(OC)c1. The number of nitrogens with one attached hydrogen (secondary N) is 6. The lowest BCUT2D eigenvalue weighted by atomic mass is 10.1. The number of methoxy groups -OCH3 is 2. The predicted octanol–water partition coefficient (Wildman–Crippen LogP) is 16.9. The maximum Gasteiger partial charge on any atom is 0.412 e. The fourth-order valence-electron chi connectivity index (χ4n) is 9.88. The Morgan fingerprint density at radius 1 is 0.402 bits per heavy atom. The summed E-state index contributed by atoms with van der Waals surface area (Å²) < 4.78 is 51.1. The number of hydrogen-bond acceptors (Lipinski definition) is 17. The molecule has 0 fully saturated rings. The molecule has 6 amide bonds. The van der Waals surface area contributed by atoms with Crippen LogP contribution in [-0.4, -0.2) is 87.2 Å². The average molecular weight is 1450 g/mol. The van der Waals surface area contributed by atoms with Gasteiger partial charge in [-0.05, 0) is 165 Å². The van der Waals surface area contributed by atoms with Crippen LogP contribution in [0.2, 0.25) is 0 Å². The molecular formula is C84H88N6O17. The van der Waals surface area contributed by atoms with E-state index in [0.29, 0.717) is 58.8 Å². The van der Waals surface area contributed by atoms with Crippen LogP contribution in [0.3, 0.4) is 0 Å². The summed E-state index contributed by atoms with van der Waals surface area (Å²) in [6.07, 6.45) is 0.818. The van der Waals surface area contributed by atoms with Crippen molar-refractivity contribution in [2.24, 2.45) is 11.8 Å². The monoisotopic (exact) mass is 1450 g/mol. The van der Waals surface area contributed by atoms with E-state index in [0.717, 1.165) is 22.3 Å². The van der Waals surface area contributed by atoms with Gasteiger partial charge in [0.05, 0.1) is 72.7 Å². The first kappa shape index (κ1) is 79.8. The van der Waals surface area contributed by atoms with Crippen molar-refractivity contribution in [3.05, 3.63) is 262 Å². The van der Waals surface area contributed by atoms with Gasteiger partial charge in [-0.25, -0.2) is 14.4 Å². The molecule has 0 radical (unpaired) electrons. The average Bonchev–Trinajstić information content (AvgIpc) is 0.821. The highest BCUT2D eigenvalue weighted by Crippen LogP contribution is 2.36. The van der Waals surface area contributed by atoms with E-state index in [1.165, 1.54) is 69.7 Å². The van der Waals surface area contributed by atoms with Crippen molar-refractivity contribution in [2.45, 2.75) is 87.7 Å². The molecule has 0 heterocycles. The van der Waals surface area contributed by atoms with Crippen molar-refractivity contribution in [3.63, 3.8) is 0 Å². The molecule has 0 aliphatic heterocycles. The van der Waals surface area contributed by atoms with Crippen LogP contribution in [0.15, 0.2) is 207 Å². The number of carbonyl (C=O) groups excluding carboxylic acids is 8. The van der Waals surface area contributed by atoms with E-state index < -0.39 is 47.3 Å². The van der Waals surface area contributed by atoms with E-state index in [1.54, 1.807) is 87.5 Å². The van der Waals surface area contributed by atoms with E-state index in [2.05, 4.69) is 38.5 Å². The molecule has 0 aromatic heterocycles. The van der Waals surface area contributed by atoms with Gasteiger partial charge < -0.3 is 69.2 Å². The van der Waals surface area contributed by atoms with Crippen LogP contribution < -0.4 is 60.3 Å². The van der Waals surface area contributed by atoms with E-state index in [1.807, 2.05) is 120 Å². The summed E-state index contributed by atoms with van der Waals surface area (Å²) in [5.74, 6) is -1.30. The second-order valence-electron chi connectivity index (χ2n) is 26.2. The minimum atomic E-state index is -0.705. The Morgan fingerprint density at radius 2 is 0.729 bits per heavy atom. The van der Waals surface area contributed by atoms with Crippen molar-refractivity contribution in [1.29, 1.82) is 0 Å². The zero-order chi connectivity index (χ0) is 77.2. The molecule has 9 aromatic rings. The lowest BCUT2D eigenvalue weighted by Gasteiger charge is -2.21. The van der Waals surface area contributed by atoms with E-state index in [4.69, 9.17) is 42.6 Å². The molecule has 0 atom stereocenters. The van der Waals surface area contributed by atoms with Crippen LogP contribution in [0, 0.1) is 18.8 Å². The molecule has 0 unspecified atom stereocenters. The van der Waals surface area contributed by atoms with Gasteiger partial charge in [0.25, 0.3) is 23.6 Å². The third-order valence-corrected chi connectivity index (χ3v) is 15.2. The quantitative estimate of drug-likeness (QED) is 0.0139. The number of anilines is 6. The Bertz CT molecular complexity index is 4630. The summed E-state index contributed by atoms with van der Waals surface area (Å²) in [6, 6.07) is 54.7. The molecule has 0 aliphatic carbocycles. The van der Waals surface area contributed by atoms with Gasteiger partial charge in [-0.2, -0.15) is 0 Å². The summed E-state index contributed by atoms with van der Waals surface area (Å²) in [6.45, 7) is 21.5. The topological polar surface area (TPSA) is 292 Å². The number of amides is 6. The molecule has 0 saturated heterocycles. The fraction of sp³-hybridized carbons (Fsp3) is 0.238. The Balaban J connectivity index is 0.000000271. The first-order valence-corrected chi connectivity index (χ1v) is 34.3. The summed E-state index contributed by atoms with van der Waals surface area (Å²) in [7, 11) is 2.69. The Kier molecular flexibility index (Phi) is 28.7. The first-order valence-electron chi connectivity index (χ1n) is 34.3. The number of carbonyl (C=O) groups is 8. The first-order chi connectivity index (χ1) is 51.2. The summed E-state index contributed by atoms with van der Waals surface area (Å²) in [5, 5.41) is 16.9. The smallest absolute Gasteiger partial charge is 0.412 e. The van der Waals surface area contributed by atoms with Gasteiger partial charge >= 0.3 is 18.0 Å². The van der Waals surface area contributed by atoms with Crippen molar-refractivity contribution in [1.82, 2.24) is 0 Å². The van der Waals surface area contributed by atoms with Crippen LogP contribution in [0.25, 0.3) is 0 Å². The molecule has 6 N–H and O–H groups in total.